The van der Waals surface area contributed by atoms with Gasteiger partial charge in [0, 0.05) is 25.6 Å². The molecule has 0 saturated heterocycles. The molecule has 2 rings (SSSR count). The van der Waals surface area contributed by atoms with Crippen LogP contribution in [0, 0.1) is 5.92 Å². The van der Waals surface area contributed by atoms with Crippen molar-refractivity contribution in [2.24, 2.45) is 5.92 Å². The lowest BCUT2D eigenvalue weighted by Crippen LogP contribution is -2.19. The van der Waals surface area contributed by atoms with E-state index in [1.165, 1.54) is 11.1 Å². The van der Waals surface area contributed by atoms with E-state index < -0.39 is 0 Å². The van der Waals surface area contributed by atoms with Crippen molar-refractivity contribution in [3.8, 4) is 0 Å². The Bertz CT molecular complexity index is 398. The van der Waals surface area contributed by atoms with E-state index in [0.29, 0.717) is 12.4 Å². The lowest BCUT2D eigenvalue weighted by molar-refractivity contribution is -0.124. The number of benzene rings is 1. The Balaban J connectivity index is 2.07. The van der Waals surface area contributed by atoms with Gasteiger partial charge >= 0.3 is 0 Å². The van der Waals surface area contributed by atoms with Crippen LogP contribution in [0.1, 0.15) is 36.8 Å². The largest absolute Gasteiger partial charge is 0.385 e. The number of ketones is 1. The molecule has 0 aliphatic heterocycles. The van der Waals surface area contributed by atoms with Gasteiger partial charge in [0.15, 0.2) is 0 Å². The van der Waals surface area contributed by atoms with Crippen molar-refractivity contribution >= 4 is 5.78 Å². The molecule has 92 valence electrons. The van der Waals surface area contributed by atoms with Crippen LogP contribution in [0.25, 0.3) is 0 Å². The Kier molecular flexibility index (Phi) is 3.95. The summed E-state index contributed by atoms with van der Waals surface area (Å²) in [7, 11) is 1.68. The zero-order chi connectivity index (χ0) is 12.3. The average molecular weight is 232 g/mol. The Labute approximate surface area is 103 Å². The minimum Gasteiger partial charge on any atom is -0.385 e. The van der Waals surface area contributed by atoms with Crippen LogP contribution in [0.4, 0.5) is 0 Å². The molecule has 0 radical (unpaired) electrons. The standard InChI is InChI=1S/C15H20O2/c1-11(9-10-17-2)15(16)14-8-7-12-5-3-4-6-13(12)14/h3-6,11,14H,7-10H2,1-2H3. The molecule has 1 aliphatic carbocycles. The number of methoxy groups -OCH3 is 1. The van der Waals surface area contributed by atoms with Gasteiger partial charge in [-0.2, -0.15) is 0 Å². The van der Waals surface area contributed by atoms with Crippen molar-refractivity contribution < 1.29 is 9.53 Å². The third kappa shape index (κ3) is 2.58. The number of hydrogen-bond acceptors (Lipinski definition) is 2. The fraction of sp³-hybridized carbons (Fsp3) is 0.533. The summed E-state index contributed by atoms with van der Waals surface area (Å²) in [5.74, 6) is 0.608. The quantitative estimate of drug-likeness (QED) is 0.780. The van der Waals surface area contributed by atoms with Crippen LogP contribution in [0.2, 0.25) is 0 Å². The fourth-order valence-corrected chi connectivity index (χ4v) is 2.63. The molecule has 1 aromatic rings. The summed E-state index contributed by atoms with van der Waals surface area (Å²) in [6.45, 7) is 2.68. The first-order chi connectivity index (χ1) is 8.24. The highest BCUT2D eigenvalue weighted by molar-refractivity contribution is 5.88. The summed E-state index contributed by atoms with van der Waals surface area (Å²) >= 11 is 0. The summed E-state index contributed by atoms with van der Waals surface area (Å²) in [5, 5.41) is 0. The second-order valence-electron chi connectivity index (χ2n) is 4.87. The molecule has 2 unspecified atom stereocenters. The number of carbonyl (C=O) groups excluding carboxylic acids is 1. The smallest absolute Gasteiger partial charge is 0.143 e. The number of ether oxygens (including phenoxy) is 1. The van der Waals surface area contributed by atoms with Crippen LogP contribution >= 0.6 is 0 Å². The van der Waals surface area contributed by atoms with Crippen molar-refractivity contribution in [3.05, 3.63) is 35.4 Å². The Hall–Kier alpha value is -1.15. The van der Waals surface area contributed by atoms with E-state index >= 15 is 0 Å². The van der Waals surface area contributed by atoms with Gasteiger partial charge in [0.25, 0.3) is 0 Å². The van der Waals surface area contributed by atoms with Gasteiger partial charge < -0.3 is 4.74 Å². The molecule has 0 bridgehead atoms. The van der Waals surface area contributed by atoms with Gasteiger partial charge in [-0.3, -0.25) is 4.79 Å². The van der Waals surface area contributed by atoms with Crippen molar-refractivity contribution in [2.75, 3.05) is 13.7 Å². The molecular formula is C15H20O2. The summed E-state index contributed by atoms with van der Waals surface area (Å²) in [4.78, 5) is 12.4. The lowest BCUT2D eigenvalue weighted by atomic mass is 9.88. The maximum Gasteiger partial charge on any atom is 0.143 e. The van der Waals surface area contributed by atoms with Gasteiger partial charge in [0.1, 0.15) is 5.78 Å². The molecule has 17 heavy (non-hydrogen) atoms. The highest BCUT2D eigenvalue weighted by Gasteiger charge is 2.30. The van der Waals surface area contributed by atoms with Gasteiger partial charge in [-0.15, -0.1) is 0 Å². The fourth-order valence-electron chi connectivity index (χ4n) is 2.63. The molecule has 0 amide bonds. The highest BCUT2D eigenvalue weighted by Crippen LogP contribution is 2.35. The summed E-state index contributed by atoms with van der Waals surface area (Å²) in [6, 6.07) is 8.33. The second-order valence-corrected chi connectivity index (χ2v) is 4.87. The van der Waals surface area contributed by atoms with Gasteiger partial charge in [-0.1, -0.05) is 31.2 Å². The Morgan fingerprint density at radius 3 is 3.00 bits per heavy atom. The van der Waals surface area contributed by atoms with E-state index in [1.807, 2.05) is 13.0 Å². The second kappa shape index (κ2) is 5.46. The molecule has 0 aromatic heterocycles. The number of carbonyl (C=O) groups is 1. The zero-order valence-electron chi connectivity index (χ0n) is 10.6. The van der Waals surface area contributed by atoms with Crippen molar-refractivity contribution in [1.29, 1.82) is 0 Å². The lowest BCUT2D eigenvalue weighted by Gasteiger charge is -2.16. The van der Waals surface area contributed by atoms with Gasteiger partial charge in [-0.25, -0.2) is 0 Å². The average Bonchev–Trinajstić information content (AvgIpc) is 2.78. The molecule has 2 nitrogen and oxygen atoms in total. The van der Waals surface area contributed by atoms with Crippen LogP contribution in [0.5, 0.6) is 0 Å². The summed E-state index contributed by atoms with van der Waals surface area (Å²) < 4.78 is 5.04. The first kappa shape index (κ1) is 12.3. The molecule has 0 N–H and O–H groups in total. The van der Waals surface area contributed by atoms with E-state index in [0.717, 1.165) is 19.3 Å². The normalized spacial score (nSPS) is 20.0. The number of hydrogen-bond donors (Lipinski definition) is 0. The number of Topliss-reactive ketones (excluding diaryl/α,β-unsaturated/α-hetero) is 1. The predicted molar refractivity (Wildman–Crippen MR) is 68.2 cm³/mol. The van der Waals surface area contributed by atoms with E-state index in [-0.39, 0.29) is 11.8 Å². The number of rotatable bonds is 5. The van der Waals surface area contributed by atoms with Crippen LogP contribution in [0.3, 0.4) is 0 Å². The van der Waals surface area contributed by atoms with Crippen molar-refractivity contribution in [1.82, 2.24) is 0 Å². The Morgan fingerprint density at radius 2 is 2.24 bits per heavy atom. The van der Waals surface area contributed by atoms with Gasteiger partial charge in [0.05, 0.1) is 0 Å². The molecule has 2 atom stereocenters. The third-order valence-corrected chi connectivity index (χ3v) is 3.72. The van der Waals surface area contributed by atoms with Crippen LogP contribution in [0.15, 0.2) is 24.3 Å². The molecule has 0 saturated carbocycles. The van der Waals surface area contributed by atoms with Crippen LogP contribution in [-0.4, -0.2) is 19.5 Å². The maximum atomic E-state index is 12.4. The molecule has 0 heterocycles. The first-order valence-corrected chi connectivity index (χ1v) is 6.34. The van der Waals surface area contributed by atoms with E-state index in [1.54, 1.807) is 7.11 Å². The molecule has 0 spiro atoms. The van der Waals surface area contributed by atoms with Gasteiger partial charge in [0.2, 0.25) is 0 Å². The van der Waals surface area contributed by atoms with Crippen molar-refractivity contribution in [3.63, 3.8) is 0 Å². The minimum atomic E-state index is 0.103. The maximum absolute atomic E-state index is 12.4. The van der Waals surface area contributed by atoms with Crippen molar-refractivity contribution in [2.45, 2.75) is 32.1 Å². The predicted octanol–water partition coefficient (Wildman–Crippen LogP) is 2.96. The molecular weight excluding hydrogens is 212 g/mol. The molecule has 0 fully saturated rings. The first-order valence-electron chi connectivity index (χ1n) is 6.34. The zero-order valence-corrected chi connectivity index (χ0v) is 10.6. The SMILES string of the molecule is COCCC(C)C(=O)C1CCc2ccccc21. The van der Waals surface area contributed by atoms with Crippen LogP contribution in [-0.2, 0) is 16.0 Å². The van der Waals surface area contributed by atoms with E-state index in [2.05, 4.69) is 18.2 Å². The van der Waals surface area contributed by atoms with E-state index in [4.69, 9.17) is 4.74 Å². The monoisotopic (exact) mass is 232 g/mol. The van der Waals surface area contributed by atoms with Gasteiger partial charge in [-0.05, 0) is 30.4 Å². The highest BCUT2D eigenvalue weighted by atomic mass is 16.5. The molecule has 1 aliphatic rings. The number of aryl methyl sites for hydroxylation is 1. The Morgan fingerprint density at radius 1 is 1.47 bits per heavy atom. The molecule has 1 aromatic carbocycles. The van der Waals surface area contributed by atoms with E-state index in [9.17, 15) is 4.79 Å². The molecule has 2 heteroatoms. The number of fused-ring (bicyclic) bond motifs is 1. The summed E-state index contributed by atoms with van der Waals surface area (Å²) in [5.41, 5.74) is 2.60. The third-order valence-electron chi connectivity index (χ3n) is 3.72. The topological polar surface area (TPSA) is 26.3 Å². The minimum absolute atomic E-state index is 0.103. The van der Waals surface area contributed by atoms with Crippen LogP contribution < -0.4 is 0 Å². The summed E-state index contributed by atoms with van der Waals surface area (Å²) in [6.07, 6.45) is 2.85.